The number of halogens is 1. The molecule has 1 amide bonds. The van der Waals surface area contributed by atoms with Crippen LogP contribution in [0.4, 0.5) is 5.69 Å². The summed E-state index contributed by atoms with van der Waals surface area (Å²) in [7, 11) is 3.88. The molecule has 0 bridgehead atoms. The first kappa shape index (κ1) is 11.5. The average Bonchev–Trinajstić information content (AvgIpc) is 2.20. The minimum Gasteiger partial charge on any atom is -0.378 e. The molecule has 1 aromatic carbocycles. The van der Waals surface area contributed by atoms with E-state index in [4.69, 9.17) is 11.6 Å². The molecule has 0 aliphatic heterocycles. The lowest BCUT2D eigenvalue weighted by Crippen LogP contribution is -2.08. The van der Waals surface area contributed by atoms with Crippen LogP contribution in [0.2, 0.25) is 5.02 Å². The monoisotopic (exact) mass is 225 g/mol. The van der Waals surface area contributed by atoms with E-state index < -0.39 is 0 Å². The van der Waals surface area contributed by atoms with Crippen LogP contribution in [0.5, 0.6) is 0 Å². The zero-order valence-electron chi connectivity index (χ0n) is 8.57. The van der Waals surface area contributed by atoms with Crippen molar-refractivity contribution in [2.24, 2.45) is 5.10 Å². The van der Waals surface area contributed by atoms with E-state index in [0.717, 1.165) is 11.3 Å². The molecule has 5 heteroatoms. The first-order valence-electron chi connectivity index (χ1n) is 4.34. The summed E-state index contributed by atoms with van der Waals surface area (Å²) in [6.07, 6.45) is 1.99. The predicted molar refractivity (Wildman–Crippen MR) is 62.6 cm³/mol. The van der Waals surface area contributed by atoms with Crippen molar-refractivity contribution < 1.29 is 4.79 Å². The maximum atomic E-state index is 9.96. The van der Waals surface area contributed by atoms with Crippen molar-refractivity contribution >= 4 is 29.9 Å². The summed E-state index contributed by atoms with van der Waals surface area (Å²) in [4.78, 5) is 11.9. The molecule has 0 aromatic heterocycles. The fraction of sp³-hybridized carbons (Fsp3) is 0.200. The number of carbonyl (C=O) groups is 1. The van der Waals surface area contributed by atoms with Gasteiger partial charge in [0.05, 0.1) is 11.2 Å². The first-order chi connectivity index (χ1) is 7.15. The maximum absolute atomic E-state index is 9.96. The van der Waals surface area contributed by atoms with Crippen LogP contribution in [0.25, 0.3) is 0 Å². The van der Waals surface area contributed by atoms with Crippen LogP contribution in [0.3, 0.4) is 0 Å². The zero-order valence-corrected chi connectivity index (χ0v) is 9.32. The quantitative estimate of drug-likeness (QED) is 0.479. The largest absolute Gasteiger partial charge is 0.378 e. The minimum atomic E-state index is 0.499. The Labute approximate surface area is 93.5 Å². The molecule has 0 saturated heterocycles. The first-order valence-corrected chi connectivity index (χ1v) is 4.72. The topological polar surface area (TPSA) is 44.7 Å². The highest BCUT2D eigenvalue weighted by molar-refractivity contribution is 6.33. The molecule has 15 heavy (non-hydrogen) atoms. The lowest BCUT2D eigenvalue weighted by Gasteiger charge is -2.12. The molecule has 0 atom stereocenters. The second-order valence-electron chi connectivity index (χ2n) is 3.11. The second kappa shape index (κ2) is 5.36. The summed E-state index contributed by atoms with van der Waals surface area (Å²) < 4.78 is 0. The second-order valence-corrected chi connectivity index (χ2v) is 3.51. The maximum Gasteiger partial charge on any atom is 0.227 e. The highest BCUT2D eigenvalue weighted by Crippen LogP contribution is 2.21. The van der Waals surface area contributed by atoms with E-state index in [1.807, 2.05) is 37.2 Å². The summed E-state index contributed by atoms with van der Waals surface area (Å²) in [5.41, 5.74) is 3.96. The lowest BCUT2D eigenvalue weighted by atomic mass is 10.2. The van der Waals surface area contributed by atoms with Gasteiger partial charge in [-0.2, -0.15) is 5.10 Å². The van der Waals surface area contributed by atoms with Crippen LogP contribution in [0.1, 0.15) is 5.56 Å². The van der Waals surface area contributed by atoms with E-state index in [-0.39, 0.29) is 0 Å². The molecule has 0 spiro atoms. The van der Waals surface area contributed by atoms with E-state index in [0.29, 0.717) is 11.4 Å². The van der Waals surface area contributed by atoms with Gasteiger partial charge in [0.15, 0.2) is 0 Å². The van der Waals surface area contributed by atoms with Gasteiger partial charge in [-0.25, -0.2) is 5.43 Å². The molecule has 0 saturated carbocycles. The summed E-state index contributed by atoms with van der Waals surface area (Å²) >= 11 is 6.02. The van der Waals surface area contributed by atoms with Gasteiger partial charge in [-0.15, -0.1) is 0 Å². The number of anilines is 1. The van der Waals surface area contributed by atoms with Crippen molar-refractivity contribution in [3.05, 3.63) is 28.8 Å². The highest BCUT2D eigenvalue weighted by atomic mass is 35.5. The predicted octanol–water partition coefficient (Wildman–Crippen LogP) is 1.49. The fourth-order valence-corrected chi connectivity index (χ4v) is 1.26. The number of hydrogen-bond donors (Lipinski definition) is 1. The molecule has 0 fully saturated rings. The van der Waals surface area contributed by atoms with Gasteiger partial charge in [0, 0.05) is 25.3 Å². The third kappa shape index (κ3) is 3.25. The standard InChI is InChI=1S/C10H12ClN3O/c1-14(2)9-4-3-8(10(11)5-9)6-12-13-7-15/h3-7H,1-2H3,(H,13,15)/b12-6-. The Hall–Kier alpha value is -1.55. The number of carbonyl (C=O) groups excluding carboxylic acids is 1. The van der Waals surface area contributed by atoms with Gasteiger partial charge in [-0.05, 0) is 18.2 Å². The number of hydrogen-bond acceptors (Lipinski definition) is 3. The summed E-state index contributed by atoms with van der Waals surface area (Å²) in [6, 6.07) is 5.60. The van der Waals surface area contributed by atoms with Gasteiger partial charge in [-0.1, -0.05) is 11.6 Å². The molecule has 1 rings (SSSR count). The molecule has 0 aliphatic carbocycles. The van der Waals surface area contributed by atoms with E-state index >= 15 is 0 Å². The van der Waals surface area contributed by atoms with Gasteiger partial charge < -0.3 is 4.90 Å². The van der Waals surface area contributed by atoms with Gasteiger partial charge >= 0.3 is 0 Å². The van der Waals surface area contributed by atoms with Crippen molar-refractivity contribution in [2.75, 3.05) is 19.0 Å². The number of hydrazone groups is 1. The number of benzene rings is 1. The van der Waals surface area contributed by atoms with Gasteiger partial charge in [0.1, 0.15) is 0 Å². The summed E-state index contributed by atoms with van der Waals surface area (Å²) in [5, 5.41) is 4.25. The fourth-order valence-electron chi connectivity index (χ4n) is 1.04. The van der Waals surface area contributed by atoms with Crippen LogP contribution in [-0.4, -0.2) is 26.7 Å². The number of rotatable bonds is 4. The molecule has 0 aliphatic rings. The van der Waals surface area contributed by atoms with Crippen LogP contribution >= 0.6 is 11.6 Å². The van der Waals surface area contributed by atoms with Crippen molar-refractivity contribution in [3.8, 4) is 0 Å². The molecule has 1 aromatic rings. The summed E-state index contributed by atoms with van der Waals surface area (Å²) in [5.74, 6) is 0. The molecule has 1 N–H and O–H groups in total. The zero-order chi connectivity index (χ0) is 11.3. The van der Waals surface area contributed by atoms with Gasteiger partial charge in [-0.3, -0.25) is 4.79 Å². The molecule has 0 heterocycles. The average molecular weight is 226 g/mol. The van der Waals surface area contributed by atoms with Gasteiger partial charge in [0.25, 0.3) is 0 Å². The minimum absolute atomic E-state index is 0.499. The Bertz CT molecular complexity index is 377. The van der Waals surface area contributed by atoms with Crippen LogP contribution in [-0.2, 0) is 4.79 Å². The lowest BCUT2D eigenvalue weighted by molar-refractivity contribution is -0.109. The molecule has 0 unspecified atom stereocenters. The Balaban J connectivity index is 2.88. The van der Waals surface area contributed by atoms with Crippen molar-refractivity contribution in [1.82, 2.24) is 5.43 Å². The normalized spacial score (nSPS) is 10.3. The van der Waals surface area contributed by atoms with E-state index in [9.17, 15) is 4.79 Å². The third-order valence-corrected chi connectivity index (χ3v) is 2.16. The molecule has 0 radical (unpaired) electrons. The van der Waals surface area contributed by atoms with Gasteiger partial charge in [0.2, 0.25) is 6.41 Å². The Morgan fingerprint density at radius 2 is 2.20 bits per heavy atom. The van der Waals surface area contributed by atoms with Crippen LogP contribution in [0, 0.1) is 0 Å². The highest BCUT2D eigenvalue weighted by Gasteiger charge is 2.00. The SMILES string of the molecule is CN(C)c1ccc(/C=N\NC=O)c(Cl)c1. The van der Waals surface area contributed by atoms with Crippen LogP contribution < -0.4 is 10.3 Å². The van der Waals surface area contributed by atoms with Crippen molar-refractivity contribution in [3.63, 3.8) is 0 Å². The Kier molecular flexibility index (Phi) is 4.12. The smallest absolute Gasteiger partial charge is 0.227 e. The van der Waals surface area contributed by atoms with E-state index in [1.54, 1.807) is 0 Å². The molecular formula is C10H12ClN3O. The Morgan fingerprint density at radius 3 is 2.73 bits per heavy atom. The van der Waals surface area contributed by atoms with Crippen LogP contribution in [0.15, 0.2) is 23.3 Å². The van der Waals surface area contributed by atoms with Crippen molar-refractivity contribution in [1.29, 1.82) is 0 Å². The van der Waals surface area contributed by atoms with E-state index in [1.165, 1.54) is 6.21 Å². The molecule has 4 nitrogen and oxygen atoms in total. The van der Waals surface area contributed by atoms with E-state index in [2.05, 4.69) is 10.5 Å². The Morgan fingerprint density at radius 1 is 1.47 bits per heavy atom. The number of amides is 1. The third-order valence-electron chi connectivity index (χ3n) is 1.83. The number of nitrogens with zero attached hydrogens (tertiary/aromatic N) is 2. The van der Waals surface area contributed by atoms with Crippen molar-refractivity contribution in [2.45, 2.75) is 0 Å². The molecular weight excluding hydrogens is 214 g/mol. The number of nitrogens with one attached hydrogen (secondary N) is 1. The summed E-state index contributed by atoms with van der Waals surface area (Å²) in [6.45, 7) is 0. The molecule has 80 valence electrons.